The van der Waals surface area contributed by atoms with Crippen LogP contribution in [-0.4, -0.2) is 7.85 Å². The molecule has 1 atom stereocenters. The van der Waals surface area contributed by atoms with Gasteiger partial charge in [0.2, 0.25) is 0 Å². The highest BCUT2D eigenvalue weighted by molar-refractivity contribution is 9.11. The molecule has 0 aliphatic carbocycles. The normalized spacial score (nSPS) is 16.4. The van der Waals surface area contributed by atoms with Crippen LogP contribution in [0, 0.1) is 11.3 Å². The van der Waals surface area contributed by atoms with Crippen LogP contribution in [0.4, 0.5) is 0 Å². The third-order valence-electron chi connectivity index (χ3n) is 3.38. The number of halogens is 2. The predicted molar refractivity (Wildman–Crippen MR) is 93.4 cm³/mol. The second kappa shape index (κ2) is 5.71. The van der Waals surface area contributed by atoms with Gasteiger partial charge in [0.25, 0.3) is 0 Å². The van der Waals surface area contributed by atoms with Crippen molar-refractivity contribution < 1.29 is 4.74 Å². The number of nitriles is 1. The number of benzene rings is 2. The van der Waals surface area contributed by atoms with Crippen LogP contribution in [0.2, 0.25) is 0 Å². The Morgan fingerprint density at radius 1 is 1.14 bits per heavy atom. The summed E-state index contributed by atoms with van der Waals surface area (Å²) in [5.74, 6) is 0.766. The molecule has 0 aromatic heterocycles. The number of ether oxygens (including phenoxy) is 1. The van der Waals surface area contributed by atoms with Gasteiger partial charge in [0.15, 0.2) is 6.10 Å². The lowest BCUT2D eigenvalue weighted by molar-refractivity contribution is 0.242. The molecule has 2 aromatic carbocycles. The lowest BCUT2D eigenvalue weighted by Crippen LogP contribution is -2.15. The summed E-state index contributed by atoms with van der Waals surface area (Å²) < 4.78 is 7.90. The third-order valence-corrected chi connectivity index (χ3v) is 4.42. The molecule has 0 spiro atoms. The Balaban J connectivity index is 2.10. The minimum atomic E-state index is -0.361. The van der Waals surface area contributed by atoms with Gasteiger partial charge in [0.05, 0.1) is 16.1 Å². The molecular weight excluding hydrogens is 393 g/mol. The van der Waals surface area contributed by atoms with Crippen LogP contribution in [0.15, 0.2) is 50.9 Å². The molecule has 1 aliphatic heterocycles. The van der Waals surface area contributed by atoms with E-state index in [1.165, 1.54) is 5.46 Å². The zero-order chi connectivity index (χ0) is 15.0. The highest BCUT2D eigenvalue weighted by atomic mass is 79.9. The second-order valence-electron chi connectivity index (χ2n) is 4.93. The Kier molecular flexibility index (Phi) is 3.92. The van der Waals surface area contributed by atoms with Crippen LogP contribution < -0.4 is 10.2 Å². The average Bonchev–Trinajstić information content (AvgIpc) is 2.47. The summed E-state index contributed by atoms with van der Waals surface area (Å²) in [6.45, 7) is 0. The number of hydrogen-bond acceptors (Lipinski definition) is 2. The van der Waals surface area contributed by atoms with E-state index in [0.717, 1.165) is 25.8 Å². The first-order valence-corrected chi connectivity index (χ1v) is 8.01. The highest BCUT2D eigenvalue weighted by Crippen LogP contribution is 2.42. The molecule has 2 aromatic rings. The summed E-state index contributed by atoms with van der Waals surface area (Å²) in [5.41, 5.74) is 3.67. The number of rotatable bonds is 1. The molecule has 1 aliphatic rings. The second-order valence-corrected chi connectivity index (χ2v) is 6.70. The molecule has 0 N–H and O–H groups in total. The van der Waals surface area contributed by atoms with Gasteiger partial charge in [-0.2, -0.15) is 5.26 Å². The maximum absolute atomic E-state index is 9.42. The fourth-order valence-corrected chi connectivity index (χ4v) is 3.67. The topological polar surface area (TPSA) is 33.0 Å². The van der Waals surface area contributed by atoms with Crippen LogP contribution in [0.3, 0.4) is 0 Å². The van der Waals surface area contributed by atoms with Crippen LogP contribution in [0.5, 0.6) is 5.75 Å². The molecule has 2 nitrogen and oxygen atoms in total. The fourth-order valence-electron chi connectivity index (χ4n) is 2.32. The van der Waals surface area contributed by atoms with Crippen LogP contribution in [0.1, 0.15) is 17.2 Å². The number of nitrogens with zero attached hydrogens (tertiary/aromatic N) is 1. The van der Waals surface area contributed by atoms with Gasteiger partial charge >= 0.3 is 0 Å². The molecule has 21 heavy (non-hydrogen) atoms. The van der Waals surface area contributed by atoms with Crippen LogP contribution in [-0.2, 0) is 0 Å². The van der Waals surface area contributed by atoms with Gasteiger partial charge < -0.3 is 4.74 Å². The van der Waals surface area contributed by atoms with E-state index in [9.17, 15) is 5.26 Å². The highest BCUT2D eigenvalue weighted by Gasteiger charge is 2.26. The van der Waals surface area contributed by atoms with E-state index in [4.69, 9.17) is 4.74 Å². The molecular formula is C16H10BBr2NO. The summed E-state index contributed by atoms with van der Waals surface area (Å²) >= 11 is 6.97. The molecule has 1 unspecified atom stereocenters. The average molecular weight is 403 g/mol. The van der Waals surface area contributed by atoms with Crippen molar-refractivity contribution in [2.75, 3.05) is 0 Å². The third kappa shape index (κ3) is 2.79. The molecule has 5 heteroatoms. The maximum atomic E-state index is 9.42. The van der Waals surface area contributed by atoms with Crippen molar-refractivity contribution >= 4 is 51.2 Å². The molecule has 102 valence electrons. The Morgan fingerprint density at radius 2 is 1.86 bits per heavy atom. The molecule has 0 saturated carbocycles. The van der Waals surface area contributed by atoms with Crippen molar-refractivity contribution in [1.82, 2.24) is 0 Å². The molecule has 0 fully saturated rings. The summed E-state index contributed by atoms with van der Waals surface area (Å²) in [6.07, 6.45) is 1.53. The van der Waals surface area contributed by atoms with Gasteiger partial charge in [-0.05, 0) is 39.7 Å². The molecule has 0 saturated heterocycles. The molecule has 0 radical (unpaired) electrons. The van der Waals surface area contributed by atoms with Gasteiger partial charge in [-0.3, -0.25) is 0 Å². The SMILES string of the molecule is Bc1ccc(C2Oc3c(Br)cc(Br)cc3C=C2C#N)cc1. The summed E-state index contributed by atoms with van der Waals surface area (Å²) in [4.78, 5) is 0. The van der Waals surface area contributed by atoms with Gasteiger partial charge in [-0.15, -0.1) is 0 Å². The van der Waals surface area contributed by atoms with E-state index in [2.05, 4.69) is 37.9 Å². The lowest BCUT2D eigenvalue weighted by Gasteiger charge is -2.25. The standard InChI is InChI=1S/C16H10BBr2NO/c17-12-3-1-9(2-4-12)15-11(8-20)5-10-6-13(18)7-14(19)16(10)21-15/h1-7,15H,17H2. The van der Waals surface area contributed by atoms with Crippen molar-refractivity contribution in [1.29, 1.82) is 5.26 Å². The van der Waals surface area contributed by atoms with Gasteiger partial charge in [-0.25, -0.2) is 0 Å². The van der Waals surface area contributed by atoms with E-state index < -0.39 is 0 Å². The van der Waals surface area contributed by atoms with E-state index >= 15 is 0 Å². The molecule has 1 heterocycles. The smallest absolute Gasteiger partial charge is 0.159 e. The van der Waals surface area contributed by atoms with Gasteiger partial charge in [0.1, 0.15) is 13.6 Å². The Morgan fingerprint density at radius 3 is 2.52 bits per heavy atom. The van der Waals surface area contributed by atoms with Crippen molar-refractivity contribution in [2.45, 2.75) is 6.10 Å². The van der Waals surface area contributed by atoms with Crippen LogP contribution in [0.25, 0.3) is 6.08 Å². The summed E-state index contributed by atoms with van der Waals surface area (Å²) in [7, 11) is 2.04. The quantitative estimate of drug-likeness (QED) is 0.684. The van der Waals surface area contributed by atoms with Gasteiger partial charge in [-0.1, -0.05) is 45.7 Å². The molecule has 0 amide bonds. The predicted octanol–water partition coefficient (Wildman–Crippen LogP) is 3.51. The van der Waals surface area contributed by atoms with Crippen molar-refractivity contribution in [3.63, 3.8) is 0 Å². The minimum absolute atomic E-state index is 0.361. The zero-order valence-electron chi connectivity index (χ0n) is 11.2. The first-order chi connectivity index (χ1) is 10.1. The van der Waals surface area contributed by atoms with Crippen molar-refractivity contribution in [2.24, 2.45) is 0 Å². The Hall–Kier alpha value is -1.51. The van der Waals surface area contributed by atoms with E-state index in [-0.39, 0.29) is 6.10 Å². The maximum Gasteiger partial charge on any atom is 0.159 e. The monoisotopic (exact) mass is 401 g/mol. The van der Waals surface area contributed by atoms with E-state index in [0.29, 0.717) is 5.57 Å². The first-order valence-electron chi connectivity index (χ1n) is 6.42. The Labute approximate surface area is 141 Å². The lowest BCUT2D eigenvalue weighted by atomic mass is 9.91. The Bertz CT molecular complexity index is 778. The van der Waals surface area contributed by atoms with E-state index in [1.807, 2.05) is 50.3 Å². The largest absolute Gasteiger partial charge is 0.478 e. The minimum Gasteiger partial charge on any atom is -0.478 e. The van der Waals surface area contributed by atoms with Crippen LogP contribution >= 0.6 is 31.9 Å². The zero-order valence-corrected chi connectivity index (χ0v) is 14.4. The summed E-state index contributed by atoms with van der Waals surface area (Å²) in [6, 6.07) is 14.2. The molecule has 3 rings (SSSR count). The summed E-state index contributed by atoms with van der Waals surface area (Å²) in [5, 5.41) is 9.42. The fraction of sp³-hybridized carbons (Fsp3) is 0.0625. The van der Waals surface area contributed by atoms with Crippen molar-refractivity contribution in [3.8, 4) is 11.8 Å². The number of fused-ring (bicyclic) bond motifs is 1. The number of hydrogen-bond donors (Lipinski definition) is 0. The first kappa shape index (κ1) is 14.4. The molecule has 0 bridgehead atoms. The van der Waals surface area contributed by atoms with Gasteiger partial charge in [0, 0.05) is 10.0 Å². The van der Waals surface area contributed by atoms with Crippen molar-refractivity contribution in [3.05, 3.63) is 62.0 Å². The van der Waals surface area contributed by atoms with E-state index in [1.54, 1.807) is 0 Å².